The standard InChI is InChI=1S/C14H16N4O2/c1-9-15-14(17-16-9)11-2-4-12(5-3-11)18-7-10(8-19)6-13(18)20/h2-5,10,19H,6-8H2,1H3,(H,15,16,17). The molecule has 1 aliphatic rings. The van der Waals surface area contributed by atoms with Crippen LogP contribution >= 0.6 is 0 Å². The van der Waals surface area contributed by atoms with Gasteiger partial charge in [-0.3, -0.25) is 9.89 Å². The molecule has 104 valence electrons. The fraction of sp³-hybridized carbons (Fsp3) is 0.357. The van der Waals surface area contributed by atoms with Gasteiger partial charge in [0.05, 0.1) is 0 Å². The zero-order chi connectivity index (χ0) is 14.1. The highest BCUT2D eigenvalue weighted by atomic mass is 16.3. The number of aliphatic hydroxyl groups excluding tert-OH is 1. The number of aromatic nitrogens is 3. The Balaban J connectivity index is 1.81. The Labute approximate surface area is 116 Å². The SMILES string of the molecule is Cc1nc(-c2ccc(N3CC(CO)CC3=O)cc2)n[nH]1. The smallest absolute Gasteiger partial charge is 0.227 e. The molecule has 0 aliphatic carbocycles. The fourth-order valence-electron chi connectivity index (χ4n) is 2.42. The summed E-state index contributed by atoms with van der Waals surface area (Å²) in [6.45, 7) is 2.48. The minimum absolute atomic E-state index is 0.0397. The number of aryl methyl sites for hydroxylation is 1. The van der Waals surface area contributed by atoms with Gasteiger partial charge in [0.2, 0.25) is 5.91 Å². The van der Waals surface area contributed by atoms with Crippen LogP contribution in [0.25, 0.3) is 11.4 Å². The van der Waals surface area contributed by atoms with Gasteiger partial charge in [0.1, 0.15) is 5.82 Å². The van der Waals surface area contributed by atoms with Crippen LogP contribution in [0.4, 0.5) is 5.69 Å². The van der Waals surface area contributed by atoms with Gasteiger partial charge >= 0.3 is 0 Å². The zero-order valence-electron chi connectivity index (χ0n) is 11.2. The van der Waals surface area contributed by atoms with E-state index in [0.29, 0.717) is 18.8 Å². The Hall–Kier alpha value is -2.21. The van der Waals surface area contributed by atoms with Crippen LogP contribution in [0.3, 0.4) is 0 Å². The third-order valence-electron chi connectivity index (χ3n) is 3.50. The van der Waals surface area contributed by atoms with E-state index in [1.807, 2.05) is 31.2 Å². The van der Waals surface area contributed by atoms with E-state index in [1.54, 1.807) is 4.90 Å². The van der Waals surface area contributed by atoms with E-state index in [-0.39, 0.29) is 18.4 Å². The minimum atomic E-state index is 0.0397. The van der Waals surface area contributed by atoms with E-state index >= 15 is 0 Å². The van der Waals surface area contributed by atoms with Crippen LogP contribution in [-0.4, -0.2) is 39.3 Å². The summed E-state index contributed by atoms with van der Waals surface area (Å²) in [7, 11) is 0. The zero-order valence-corrected chi connectivity index (χ0v) is 11.2. The number of anilines is 1. The monoisotopic (exact) mass is 272 g/mol. The molecule has 0 radical (unpaired) electrons. The first-order chi connectivity index (χ1) is 9.67. The van der Waals surface area contributed by atoms with Gasteiger partial charge < -0.3 is 10.0 Å². The van der Waals surface area contributed by atoms with E-state index < -0.39 is 0 Å². The maximum absolute atomic E-state index is 11.9. The molecule has 1 aliphatic heterocycles. The number of benzene rings is 1. The van der Waals surface area contributed by atoms with Gasteiger partial charge in [-0.15, -0.1) is 0 Å². The molecular weight excluding hydrogens is 256 g/mol. The van der Waals surface area contributed by atoms with Crippen molar-refractivity contribution in [3.63, 3.8) is 0 Å². The van der Waals surface area contributed by atoms with E-state index in [9.17, 15) is 4.79 Å². The van der Waals surface area contributed by atoms with Crippen molar-refractivity contribution in [1.29, 1.82) is 0 Å². The first kappa shape index (κ1) is 12.8. The van der Waals surface area contributed by atoms with Crippen LogP contribution in [0.5, 0.6) is 0 Å². The Morgan fingerprint density at radius 3 is 2.70 bits per heavy atom. The maximum Gasteiger partial charge on any atom is 0.227 e. The van der Waals surface area contributed by atoms with Crippen LogP contribution in [0.1, 0.15) is 12.2 Å². The summed E-state index contributed by atoms with van der Waals surface area (Å²) in [4.78, 5) is 17.9. The molecule has 1 aromatic carbocycles. The van der Waals surface area contributed by atoms with Crippen molar-refractivity contribution in [2.45, 2.75) is 13.3 Å². The molecule has 1 amide bonds. The Morgan fingerprint density at radius 1 is 1.40 bits per heavy atom. The molecule has 1 fully saturated rings. The molecular formula is C14H16N4O2. The van der Waals surface area contributed by atoms with Gasteiger partial charge in [0.25, 0.3) is 0 Å². The molecule has 2 N–H and O–H groups in total. The molecule has 0 spiro atoms. The van der Waals surface area contributed by atoms with Crippen molar-refractivity contribution < 1.29 is 9.90 Å². The summed E-state index contributed by atoms with van der Waals surface area (Å²) in [6, 6.07) is 7.58. The van der Waals surface area contributed by atoms with Gasteiger partial charge in [-0.05, 0) is 31.2 Å². The van der Waals surface area contributed by atoms with E-state index in [0.717, 1.165) is 17.1 Å². The summed E-state index contributed by atoms with van der Waals surface area (Å²) in [5, 5.41) is 16.1. The van der Waals surface area contributed by atoms with E-state index in [1.165, 1.54) is 0 Å². The van der Waals surface area contributed by atoms with Crippen molar-refractivity contribution in [3.05, 3.63) is 30.1 Å². The normalized spacial score (nSPS) is 18.8. The second kappa shape index (κ2) is 5.05. The highest BCUT2D eigenvalue weighted by Crippen LogP contribution is 2.26. The Morgan fingerprint density at radius 2 is 2.15 bits per heavy atom. The van der Waals surface area contributed by atoms with Crippen LogP contribution in [0.15, 0.2) is 24.3 Å². The molecule has 1 unspecified atom stereocenters. The summed E-state index contributed by atoms with van der Waals surface area (Å²) in [5.74, 6) is 1.52. The fourth-order valence-corrected chi connectivity index (χ4v) is 2.42. The summed E-state index contributed by atoms with van der Waals surface area (Å²) in [6.07, 6.45) is 0.415. The third-order valence-corrected chi connectivity index (χ3v) is 3.50. The molecule has 2 heterocycles. The van der Waals surface area contributed by atoms with Gasteiger partial charge in [-0.1, -0.05) is 0 Å². The number of aromatic amines is 1. The number of H-pyrrole nitrogens is 1. The number of rotatable bonds is 3. The highest BCUT2D eigenvalue weighted by Gasteiger charge is 2.29. The highest BCUT2D eigenvalue weighted by molar-refractivity contribution is 5.95. The lowest BCUT2D eigenvalue weighted by atomic mass is 10.1. The number of nitrogens with zero attached hydrogens (tertiary/aromatic N) is 3. The van der Waals surface area contributed by atoms with Crippen molar-refractivity contribution >= 4 is 11.6 Å². The second-order valence-corrected chi connectivity index (χ2v) is 5.05. The first-order valence-corrected chi connectivity index (χ1v) is 6.58. The molecule has 20 heavy (non-hydrogen) atoms. The lowest BCUT2D eigenvalue weighted by Gasteiger charge is -2.16. The van der Waals surface area contributed by atoms with Crippen LogP contribution in [-0.2, 0) is 4.79 Å². The lowest BCUT2D eigenvalue weighted by molar-refractivity contribution is -0.117. The van der Waals surface area contributed by atoms with E-state index in [4.69, 9.17) is 5.11 Å². The van der Waals surface area contributed by atoms with Gasteiger partial charge in [0.15, 0.2) is 5.82 Å². The molecule has 3 rings (SSSR count). The number of hydrogen-bond donors (Lipinski definition) is 2. The number of amides is 1. The molecule has 1 atom stereocenters. The Kier molecular flexibility index (Phi) is 3.23. The molecule has 6 nitrogen and oxygen atoms in total. The van der Waals surface area contributed by atoms with Crippen molar-refractivity contribution in [2.24, 2.45) is 5.92 Å². The Bertz CT molecular complexity index is 620. The largest absolute Gasteiger partial charge is 0.396 e. The quantitative estimate of drug-likeness (QED) is 0.877. The summed E-state index contributed by atoms with van der Waals surface area (Å²) >= 11 is 0. The topological polar surface area (TPSA) is 82.1 Å². The van der Waals surface area contributed by atoms with E-state index in [2.05, 4.69) is 15.2 Å². The molecule has 0 saturated carbocycles. The van der Waals surface area contributed by atoms with Gasteiger partial charge in [-0.25, -0.2) is 4.98 Å². The summed E-state index contributed by atoms with van der Waals surface area (Å²) in [5.41, 5.74) is 1.76. The van der Waals surface area contributed by atoms with Crippen LogP contribution in [0, 0.1) is 12.8 Å². The predicted molar refractivity (Wildman–Crippen MR) is 74.1 cm³/mol. The number of hydrogen-bond acceptors (Lipinski definition) is 4. The molecule has 6 heteroatoms. The number of carbonyl (C=O) groups excluding carboxylic acids is 1. The molecule has 2 aromatic rings. The minimum Gasteiger partial charge on any atom is -0.396 e. The van der Waals surface area contributed by atoms with Crippen LogP contribution < -0.4 is 4.90 Å². The van der Waals surface area contributed by atoms with Crippen LogP contribution in [0.2, 0.25) is 0 Å². The summed E-state index contributed by atoms with van der Waals surface area (Å²) < 4.78 is 0. The number of aliphatic hydroxyl groups is 1. The van der Waals surface area contributed by atoms with Gasteiger partial charge in [-0.2, -0.15) is 5.10 Å². The maximum atomic E-state index is 11.9. The lowest BCUT2D eigenvalue weighted by Crippen LogP contribution is -2.24. The number of nitrogens with one attached hydrogen (secondary N) is 1. The average Bonchev–Trinajstić information content (AvgIpc) is 3.05. The first-order valence-electron chi connectivity index (χ1n) is 6.58. The van der Waals surface area contributed by atoms with Crippen molar-refractivity contribution in [1.82, 2.24) is 15.2 Å². The molecule has 0 bridgehead atoms. The molecule has 1 aromatic heterocycles. The third kappa shape index (κ3) is 2.30. The van der Waals surface area contributed by atoms with Crippen molar-refractivity contribution in [3.8, 4) is 11.4 Å². The molecule has 1 saturated heterocycles. The predicted octanol–water partition coefficient (Wildman–Crippen LogP) is 1.13. The second-order valence-electron chi connectivity index (χ2n) is 5.05. The van der Waals surface area contributed by atoms with Crippen molar-refractivity contribution in [2.75, 3.05) is 18.1 Å². The average molecular weight is 272 g/mol. The number of carbonyl (C=O) groups is 1. The van der Waals surface area contributed by atoms with Gasteiger partial charge in [0, 0.05) is 36.7 Å².